The number of hydrogen-bond acceptors (Lipinski definition) is 5. The third-order valence-corrected chi connectivity index (χ3v) is 5.54. The maximum absolute atomic E-state index is 9.03. The molecule has 0 amide bonds. The molecule has 1 aromatic carbocycles. The van der Waals surface area contributed by atoms with Gasteiger partial charge in [0.2, 0.25) is 0 Å². The second-order valence-electron chi connectivity index (χ2n) is 7.01. The molecule has 2 aromatic rings. The number of nitrogens with zero attached hydrogens (tertiary/aromatic N) is 3. The molecule has 1 aliphatic carbocycles. The van der Waals surface area contributed by atoms with Crippen LogP contribution in [0, 0.1) is 11.3 Å². The van der Waals surface area contributed by atoms with Crippen molar-refractivity contribution < 1.29 is 4.74 Å². The standard InChI is InChI=1S/C20H21ClN4O/c21-16-9-13(11-22)5-6-18(16)26-20-17(25-8-2-4-15(23)12-25)10-14-3-1-7-24-19(14)20/h1,3,5-7,9,15,17,20H,2,4,8,10,12,23H2/t15-,17-,20+/m1/s1. The molecule has 1 fully saturated rings. The van der Waals surface area contributed by atoms with Gasteiger partial charge in [0.15, 0.2) is 6.10 Å². The average molecular weight is 369 g/mol. The van der Waals surface area contributed by atoms with E-state index in [-0.39, 0.29) is 18.2 Å². The predicted molar refractivity (Wildman–Crippen MR) is 100 cm³/mol. The lowest BCUT2D eigenvalue weighted by Crippen LogP contribution is -2.49. The van der Waals surface area contributed by atoms with E-state index in [9.17, 15) is 0 Å². The van der Waals surface area contributed by atoms with E-state index in [1.54, 1.807) is 24.4 Å². The Morgan fingerprint density at radius 2 is 2.23 bits per heavy atom. The molecule has 2 N–H and O–H groups in total. The minimum absolute atomic E-state index is 0.193. The van der Waals surface area contributed by atoms with E-state index in [0.717, 1.165) is 38.0 Å². The molecular formula is C20H21ClN4O. The molecule has 134 valence electrons. The lowest BCUT2D eigenvalue weighted by molar-refractivity contribution is 0.0577. The van der Waals surface area contributed by atoms with Gasteiger partial charge >= 0.3 is 0 Å². The molecule has 1 saturated heterocycles. The van der Waals surface area contributed by atoms with Crippen molar-refractivity contribution in [1.82, 2.24) is 9.88 Å². The van der Waals surface area contributed by atoms with Gasteiger partial charge in [-0.25, -0.2) is 0 Å². The summed E-state index contributed by atoms with van der Waals surface area (Å²) in [5.41, 5.74) is 8.91. The van der Waals surface area contributed by atoms with Crippen molar-refractivity contribution in [1.29, 1.82) is 5.26 Å². The Morgan fingerprint density at radius 1 is 1.35 bits per heavy atom. The Kier molecular flexibility index (Phi) is 4.82. The monoisotopic (exact) mass is 368 g/mol. The number of pyridine rings is 1. The summed E-state index contributed by atoms with van der Waals surface area (Å²) in [6.07, 6.45) is 4.68. The van der Waals surface area contributed by atoms with Crippen LogP contribution in [-0.4, -0.2) is 35.1 Å². The molecule has 1 aliphatic heterocycles. The minimum atomic E-state index is -0.193. The molecule has 0 bridgehead atoms. The maximum atomic E-state index is 9.03. The number of halogens is 1. The highest BCUT2D eigenvalue weighted by molar-refractivity contribution is 6.32. The van der Waals surface area contributed by atoms with Crippen molar-refractivity contribution in [2.45, 2.75) is 37.5 Å². The summed E-state index contributed by atoms with van der Waals surface area (Å²) in [4.78, 5) is 7.01. The fraction of sp³-hybridized carbons (Fsp3) is 0.400. The Morgan fingerprint density at radius 3 is 3.00 bits per heavy atom. The molecule has 0 radical (unpaired) electrons. The van der Waals surface area contributed by atoms with Crippen LogP contribution in [0.3, 0.4) is 0 Å². The topological polar surface area (TPSA) is 75.2 Å². The highest BCUT2D eigenvalue weighted by atomic mass is 35.5. The number of fused-ring (bicyclic) bond motifs is 1. The molecule has 26 heavy (non-hydrogen) atoms. The lowest BCUT2D eigenvalue weighted by Gasteiger charge is -2.37. The Labute approximate surface area is 158 Å². The molecule has 4 rings (SSSR count). The van der Waals surface area contributed by atoms with Crippen LogP contribution < -0.4 is 10.5 Å². The lowest BCUT2D eigenvalue weighted by atomic mass is 10.0. The van der Waals surface area contributed by atoms with E-state index < -0.39 is 0 Å². The predicted octanol–water partition coefficient (Wildman–Crippen LogP) is 3.07. The van der Waals surface area contributed by atoms with E-state index in [1.165, 1.54) is 5.56 Å². The van der Waals surface area contributed by atoms with Gasteiger partial charge in [0, 0.05) is 18.8 Å². The van der Waals surface area contributed by atoms with Crippen LogP contribution in [0.4, 0.5) is 0 Å². The molecule has 2 aliphatic rings. The average Bonchev–Trinajstić information content (AvgIpc) is 3.02. The van der Waals surface area contributed by atoms with Gasteiger partial charge in [-0.3, -0.25) is 9.88 Å². The zero-order chi connectivity index (χ0) is 18.1. The first-order valence-corrected chi connectivity index (χ1v) is 9.33. The summed E-state index contributed by atoms with van der Waals surface area (Å²) in [6.45, 7) is 1.90. The van der Waals surface area contributed by atoms with Crippen LogP contribution in [-0.2, 0) is 6.42 Å². The van der Waals surface area contributed by atoms with E-state index in [0.29, 0.717) is 16.3 Å². The van der Waals surface area contributed by atoms with Crippen LogP contribution in [0.25, 0.3) is 0 Å². The molecule has 0 spiro atoms. The van der Waals surface area contributed by atoms with Crippen LogP contribution >= 0.6 is 11.6 Å². The van der Waals surface area contributed by atoms with Crippen molar-refractivity contribution in [2.24, 2.45) is 5.73 Å². The molecule has 2 heterocycles. The first kappa shape index (κ1) is 17.3. The first-order valence-electron chi connectivity index (χ1n) is 8.95. The molecule has 0 unspecified atom stereocenters. The van der Waals surface area contributed by atoms with E-state index in [4.69, 9.17) is 27.3 Å². The third kappa shape index (κ3) is 3.28. The maximum Gasteiger partial charge on any atom is 0.157 e. The summed E-state index contributed by atoms with van der Waals surface area (Å²) in [5, 5.41) is 9.47. The normalized spacial score (nSPS) is 25.5. The SMILES string of the molecule is N#Cc1ccc(O[C@@H]2c3ncccc3C[C@H]2N2CCC[C@@H](N)C2)c(Cl)c1. The summed E-state index contributed by atoms with van der Waals surface area (Å²) in [6, 6.07) is 11.7. The molecule has 0 saturated carbocycles. The second-order valence-corrected chi connectivity index (χ2v) is 7.42. The van der Waals surface area contributed by atoms with Gasteiger partial charge in [0.05, 0.1) is 28.4 Å². The second kappa shape index (κ2) is 7.24. The molecule has 1 aromatic heterocycles. The number of hydrogen-bond donors (Lipinski definition) is 1. The third-order valence-electron chi connectivity index (χ3n) is 5.25. The van der Waals surface area contributed by atoms with Crippen molar-refractivity contribution in [3.05, 3.63) is 58.4 Å². The van der Waals surface area contributed by atoms with E-state index in [1.807, 2.05) is 6.07 Å². The Balaban J connectivity index is 1.64. The van der Waals surface area contributed by atoms with Gasteiger partial charge in [0.25, 0.3) is 0 Å². The largest absolute Gasteiger partial charge is 0.481 e. The van der Waals surface area contributed by atoms with Crippen molar-refractivity contribution in [3.8, 4) is 11.8 Å². The zero-order valence-electron chi connectivity index (χ0n) is 14.4. The molecule has 6 heteroatoms. The number of piperidine rings is 1. The quantitative estimate of drug-likeness (QED) is 0.901. The van der Waals surface area contributed by atoms with Crippen LogP contribution in [0.5, 0.6) is 5.75 Å². The summed E-state index contributed by atoms with van der Waals surface area (Å²) < 4.78 is 6.35. The molecular weight excluding hydrogens is 348 g/mol. The number of ether oxygens (including phenoxy) is 1. The number of aromatic nitrogens is 1. The zero-order valence-corrected chi connectivity index (χ0v) is 15.2. The Hall–Kier alpha value is -2.13. The molecule has 3 atom stereocenters. The van der Waals surface area contributed by atoms with Gasteiger partial charge in [-0.15, -0.1) is 0 Å². The number of nitriles is 1. The van der Waals surface area contributed by atoms with Gasteiger partial charge in [-0.05, 0) is 55.6 Å². The highest BCUT2D eigenvalue weighted by Gasteiger charge is 2.40. The van der Waals surface area contributed by atoms with E-state index in [2.05, 4.69) is 22.0 Å². The van der Waals surface area contributed by atoms with Crippen LogP contribution in [0.2, 0.25) is 5.02 Å². The summed E-state index contributed by atoms with van der Waals surface area (Å²) in [7, 11) is 0. The van der Waals surface area contributed by atoms with Crippen molar-refractivity contribution in [3.63, 3.8) is 0 Å². The van der Waals surface area contributed by atoms with Crippen LogP contribution in [0.15, 0.2) is 36.5 Å². The Bertz CT molecular complexity index is 850. The van der Waals surface area contributed by atoms with Crippen molar-refractivity contribution in [2.75, 3.05) is 13.1 Å². The van der Waals surface area contributed by atoms with Crippen LogP contribution in [0.1, 0.15) is 35.8 Å². The smallest absolute Gasteiger partial charge is 0.157 e. The molecule has 5 nitrogen and oxygen atoms in total. The first-order chi connectivity index (χ1) is 12.7. The summed E-state index contributed by atoms with van der Waals surface area (Å²) >= 11 is 6.34. The van der Waals surface area contributed by atoms with Gasteiger partial charge < -0.3 is 10.5 Å². The fourth-order valence-electron chi connectivity index (χ4n) is 3.99. The number of rotatable bonds is 3. The minimum Gasteiger partial charge on any atom is -0.481 e. The van der Waals surface area contributed by atoms with Gasteiger partial charge in [-0.1, -0.05) is 17.7 Å². The summed E-state index contributed by atoms with van der Waals surface area (Å²) in [5.74, 6) is 0.584. The van der Waals surface area contributed by atoms with E-state index >= 15 is 0 Å². The highest BCUT2D eigenvalue weighted by Crippen LogP contribution is 2.39. The fourth-order valence-corrected chi connectivity index (χ4v) is 4.22. The van der Waals surface area contributed by atoms with Gasteiger partial charge in [0.1, 0.15) is 5.75 Å². The number of likely N-dealkylation sites (tertiary alicyclic amines) is 1. The number of nitrogens with two attached hydrogens (primary N) is 1. The number of benzene rings is 1. The van der Waals surface area contributed by atoms with Gasteiger partial charge in [-0.2, -0.15) is 5.26 Å². The van der Waals surface area contributed by atoms with Crippen molar-refractivity contribution >= 4 is 11.6 Å².